The van der Waals surface area contributed by atoms with E-state index >= 15 is 0 Å². The van der Waals surface area contributed by atoms with Crippen LogP contribution in [0.25, 0.3) is 0 Å². The van der Waals surface area contributed by atoms with Gasteiger partial charge in [0, 0.05) is 17.0 Å². The molecule has 0 atom stereocenters. The highest BCUT2D eigenvalue weighted by molar-refractivity contribution is 9.10. The molecule has 1 aliphatic rings. The molecule has 0 N–H and O–H groups in total. The number of hydrogen-bond acceptors (Lipinski definition) is 1. The van der Waals surface area contributed by atoms with Gasteiger partial charge in [0.15, 0.2) is 0 Å². The molecule has 0 unspecified atom stereocenters. The Bertz CT molecular complexity index is 337. The summed E-state index contributed by atoms with van der Waals surface area (Å²) in [6.45, 7) is 0.843. The van der Waals surface area contributed by atoms with E-state index < -0.39 is 0 Å². The van der Waals surface area contributed by atoms with E-state index in [9.17, 15) is 0 Å². The van der Waals surface area contributed by atoms with Crippen LogP contribution in [0.15, 0.2) is 28.7 Å². The Morgan fingerprint density at radius 1 is 1.19 bits per heavy atom. The van der Waals surface area contributed by atoms with Gasteiger partial charge in [-0.05, 0) is 24.5 Å². The van der Waals surface area contributed by atoms with Crippen molar-refractivity contribution < 1.29 is 4.74 Å². The Balaban J connectivity index is 2.34. The number of rotatable bonds is 3. The number of methoxy groups -OCH3 is 1. The van der Waals surface area contributed by atoms with E-state index in [0.717, 1.165) is 6.61 Å². The zero-order chi connectivity index (χ0) is 11.4. The first-order chi connectivity index (χ1) is 7.78. The largest absolute Gasteiger partial charge is 0.384 e. The second kappa shape index (κ2) is 5.33. The molecule has 88 valence electrons. The Kier molecular flexibility index (Phi) is 4.04. The van der Waals surface area contributed by atoms with Crippen LogP contribution < -0.4 is 0 Å². The summed E-state index contributed by atoms with van der Waals surface area (Å²) in [5.41, 5.74) is 1.67. The normalized spacial score (nSPS) is 19.6. The van der Waals surface area contributed by atoms with Crippen LogP contribution in [0.1, 0.15) is 37.7 Å². The van der Waals surface area contributed by atoms with E-state index in [0.29, 0.717) is 0 Å². The lowest BCUT2D eigenvalue weighted by molar-refractivity contribution is 0.103. The van der Waals surface area contributed by atoms with Gasteiger partial charge in [-0.25, -0.2) is 0 Å². The molecule has 0 saturated heterocycles. The molecule has 16 heavy (non-hydrogen) atoms. The number of halogens is 1. The standard InChI is InChI=1S/C14H19BrO/c1-16-11-14(9-5-2-6-10-14)12-7-3-4-8-13(12)15/h3-4,7-8H,2,5-6,9-11H2,1H3. The van der Waals surface area contributed by atoms with Crippen LogP contribution in [0, 0.1) is 0 Å². The predicted molar refractivity (Wildman–Crippen MR) is 70.8 cm³/mol. The fraction of sp³-hybridized carbons (Fsp3) is 0.571. The molecule has 2 rings (SSSR count). The molecule has 1 nitrogen and oxygen atoms in total. The number of hydrogen-bond donors (Lipinski definition) is 0. The Hall–Kier alpha value is -0.340. The molecule has 0 radical (unpaired) electrons. The SMILES string of the molecule is COCC1(c2ccccc2Br)CCCCC1. The lowest BCUT2D eigenvalue weighted by Crippen LogP contribution is -2.34. The average molecular weight is 283 g/mol. The van der Waals surface area contributed by atoms with Crippen molar-refractivity contribution in [1.29, 1.82) is 0 Å². The lowest BCUT2D eigenvalue weighted by atomic mass is 9.70. The highest BCUT2D eigenvalue weighted by Gasteiger charge is 2.35. The molecule has 1 saturated carbocycles. The molecule has 0 heterocycles. The molecule has 0 amide bonds. The first-order valence-corrected chi connectivity index (χ1v) is 6.82. The Morgan fingerprint density at radius 2 is 1.88 bits per heavy atom. The summed E-state index contributed by atoms with van der Waals surface area (Å²) >= 11 is 3.68. The van der Waals surface area contributed by atoms with Crippen LogP contribution in [0.4, 0.5) is 0 Å². The van der Waals surface area contributed by atoms with E-state index in [1.807, 2.05) is 7.11 Å². The molecular formula is C14H19BrO. The Labute approximate surface area is 106 Å². The summed E-state index contributed by atoms with van der Waals surface area (Å²) < 4.78 is 6.70. The second-order valence-electron chi connectivity index (χ2n) is 4.75. The highest BCUT2D eigenvalue weighted by Crippen LogP contribution is 2.42. The van der Waals surface area contributed by atoms with Crippen molar-refractivity contribution in [1.82, 2.24) is 0 Å². The van der Waals surface area contributed by atoms with Gasteiger partial charge in [-0.2, -0.15) is 0 Å². The number of benzene rings is 1. The van der Waals surface area contributed by atoms with E-state index in [1.54, 1.807) is 0 Å². The summed E-state index contributed by atoms with van der Waals surface area (Å²) in [6, 6.07) is 8.60. The van der Waals surface area contributed by atoms with Crippen LogP contribution in [-0.2, 0) is 10.2 Å². The van der Waals surface area contributed by atoms with Crippen molar-refractivity contribution >= 4 is 15.9 Å². The van der Waals surface area contributed by atoms with Crippen LogP contribution in [0.3, 0.4) is 0 Å². The lowest BCUT2D eigenvalue weighted by Gasteiger charge is -2.38. The smallest absolute Gasteiger partial charge is 0.0559 e. The molecule has 1 aromatic rings. The van der Waals surface area contributed by atoms with Gasteiger partial charge in [-0.15, -0.1) is 0 Å². The van der Waals surface area contributed by atoms with Gasteiger partial charge in [0.2, 0.25) is 0 Å². The zero-order valence-electron chi connectivity index (χ0n) is 9.84. The predicted octanol–water partition coefficient (Wildman–Crippen LogP) is 4.30. The average Bonchev–Trinajstić information content (AvgIpc) is 2.31. The van der Waals surface area contributed by atoms with Gasteiger partial charge in [0.1, 0.15) is 0 Å². The highest BCUT2D eigenvalue weighted by atomic mass is 79.9. The fourth-order valence-electron chi connectivity index (χ4n) is 2.89. The van der Waals surface area contributed by atoms with Crippen molar-refractivity contribution in [3.05, 3.63) is 34.3 Å². The zero-order valence-corrected chi connectivity index (χ0v) is 11.4. The minimum atomic E-state index is 0.243. The summed E-state index contributed by atoms with van der Waals surface area (Å²) in [6.07, 6.45) is 6.53. The van der Waals surface area contributed by atoms with Gasteiger partial charge in [-0.3, -0.25) is 0 Å². The van der Waals surface area contributed by atoms with Gasteiger partial charge < -0.3 is 4.74 Å². The van der Waals surface area contributed by atoms with Crippen LogP contribution in [-0.4, -0.2) is 13.7 Å². The van der Waals surface area contributed by atoms with E-state index in [1.165, 1.54) is 42.1 Å². The minimum Gasteiger partial charge on any atom is -0.384 e. The maximum absolute atomic E-state index is 5.47. The summed E-state index contributed by atoms with van der Waals surface area (Å²) in [5, 5.41) is 0. The van der Waals surface area contributed by atoms with E-state index in [4.69, 9.17) is 4.74 Å². The van der Waals surface area contributed by atoms with E-state index in [2.05, 4.69) is 40.2 Å². The monoisotopic (exact) mass is 282 g/mol. The van der Waals surface area contributed by atoms with Crippen molar-refractivity contribution in [2.24, 2.45) is 0 Å². The van der Waals surface area contributed by atoms with Crippen molar-refractivity contribution in [2.75, 3.05) is 13.7 Å². The molecule has 0 aliphatic heterocycles. The van der Waals surface area contributed by atoms with Gasteiger partial charge >= 0.3 is 0 Å². The molecule has 0 aromatic heterocycles. The first-order valence-electron chi connectivity index (χ1n) is 6.02. The van der Waals surface area contributed by atoms with Crippen molar-refractivity contribution in [3.63, 3.8) is 0 Å². The Morgan fingerprint density at radius 3 is 2.50 bits per heavy atom. The summed E-state index contributed by atoms with van der Waals surface area (Å²) in [4.78, 5) is 0. The number of ether oxygens (including phenoxy) is 1. The second-order valence-corrected chi connectivity index (χ2v) is 5.61. The third-order valence-corrected chi connectivity index (χ3v) is 4.37. The topological polar surface area (TPSA) is 9.23 Å². The summed E-state index contributed by atoms with van der Waals surface area (Å²) in [5.74, 6) is 0. The maximum atomic E-state index is 5.47. The molecule has 1 aromatic carbocycles. The van der Waals surface area contributed by atoms with Gasteiger partial charge in [0.25, 0.3) is 0 Å². The van der Waals surface area contributed by atoms with Gasteiger partial charge in [0.05, 0.1) is 6.61 Å². The van der Waals surface area contributed by atoms with Crippen LogP contribution in [0.2, 0.25) is 0 Å². The van der Waals surface area contributed by atoms with Crippen molar-refractivity contribution in [3.8, 4) is 0 Å². The molecular weight excluding hydrogens is 264 g/mol. The molecule has 0 spiro atoms. The maximum Gasteiger partial charge on any atom is 0.0559 e. The van der Waals surface area contributed by atoms with Crippen molar-refractivity contribution in [2.45, 2.75) is 37.5 Å². The van der Waals surface area contributed by atoms with Crippen LogP contribution in [0.5, 0.6) is 0 Å². The minimum absolute atomic E-state index is 0.243. The first kappa shape index (κ1) is 12.1. The molecule has 1 fully saturated rings. The molecule has 1 aliphatic carbocycles. The summed E-state index contributed by atoms with van der Waals surface area (Å²) in [7, 11) is 1.81. The third-order valence-electron chi connectivity index (χ3n) is 3.68. The quantitative estimate of drug-likeness (QED) is 0.803. The van der Waals surface area contributed by atoms with Gasteiger partial charge in [-0.1, -0.05) is 53.4 Å². The van der Waals surface area contributed by atoms with E-state index in [-0.39, 0.29) is 5.41 Å². The molecule has 2 heteroatoms. The molecule has 0 bridgehead atoms. The van der Waals surface area contributed by atoms with Crippen LogP contribution >= 0.6 is 15.9 Å². The fourth-order valence-corrected chi connectivity index (χ4v) is 3.59. The third kappa shape index (κ3) is 2.33.